The Hall–Kier alpha value is -2.93. The van der Waals surface area contributed by atoms with Gasteiger partial charge in [-0.25, -0.2) is 9.38 Å². The van der Waals surface area contributed by atoms with E-state index in [4.69, 9.17) is 0 Å². The molecule has 1 aliphatic heterocycles. The van der Waals surface area contributed by atoms with Crippen molar-refractivity contribution < 1.29 is 14.0 Å². The molecule has 3 rings (SSSR count). The number of amidine groups is 1. The fourth-order valence-corrected chi connectivity index (χ4v) is 4.15. The molecule has 29 heavy (non-hydrogen) atoms. The number of benzene rings is 2. The lowest BCUT2D eigenvalue weighted by Gasteiger charge is -2.14. The molecule has 1 fully saturated rings. The Bertz CT molecular complexity index is 990. The molecule has 0 unspecified atom stereocenters. The lowest BCUT2D eigenvalue weighted by Crippen LogP contribution is -2.33. The summed E-state index contributed by atoms with van der Waals surface area (Å²) in [7, 11) is 0. The molecule has 1 aliphatic rings. The van der Waals surface area contributed by atoms with Gasteiger partial charge in [-0.3, -0.25) is 14.5 Å². The highest BCUT2D eigenvalue weighted by Gasteiger charge is 2.38. The maximum absolute atomic E-state index is 13.7. The van der Waals surface area contributed by atoms with E-state index in [0.717, 1.165) is 16.8 Å². The van der Waals surface area contributed by atoms with E-state index in [1.807, 2.05) is 32.0 Å². The summed E-state index contributed by atoms with van der Waals surface area (Å²) < 4.78 is 13.7. The van der Waals surface area contributed by atoms with Crippen molar-refractivity contribution in [2.45, 2.75) is 25.5 Å². The molecule has 1 saturated heterocycles. The summed E-state index contributed by atoms with van der Waals surface area (Å²) >= 11 is 1.24. The minimum atomic E-state index is -0.619. The van der Waals surface area contributed by atoms with Crippen molar-refractivity contribution in [3.63, 3.8) is 0 Å². The number of hydrogen-bond acceptors (Lipinski definition) is 4. The summed E-state index contributed by atoms with van der Waals surface area (Å²) in [6.07, 6.45) is 1.55. The molecule has 0 spiro atoms. The van der Waals surface area contributed by atoms with E-state index < -0.39 is 17.0 Å². The predicted molar refractivity (Wildman–Crippen MR) is 116 cm³/mol. The predicted octanol–water partition coefficient (Wildman–Crippen LogP) is 4.59. The molecular formula is C22H22FN3O2S. The largest absolute Gasteiger partial charge is 0.324 e. The van der Waals surface area contributed by atoms with Crippen LogP contribution >= 0.6 is 11.8 Å². The number of carbonyl (C=O) groups excluding carboxylic acids is 2. The standard InChI is InChI=1S/C22H22FN3O2S/c1-4-11-26-21(28)19(13-20(27)24-18-8-6-5-7-16(18)23)29-22(26)25-17-10-9-14(2)12-15(17)3/h4-10,12,19H,1,11,13H2,2-3H3,(H,24,27)/t19-/m1/s1. The number of anilines is 1. The summed E-state index contributed by atoms with van der Waals surface area (Å²) in [5.74, 6) is -1.15. The molecule has 0 aliphatic carbocycles. The van der Waals surface area contributed by atoms with E-state index in [2.05, 4.69) is 16.9 Å². The van der Waals surface area contributed by atoms with Crippen molar-refractivity contribution >= 4 is 40.1 Å². The molecule has 1 N–H and O–H groups in total. The first-order valence-electron chi connectivity index (χ1n) is 9.18. The first-order chi connectivity index (χ1) is 13.9. The lowest BCUT2D eigenvalue weighted by molar-refractivity contribution is -0.127. The van der Waals surface area contributed by atoms with Gasteiger partial charge in [-0.15, -0.1) is 6.58 Å². The van der Waals surface area contributed by atoms with E-state index >= 15 is 0 Å². The molecule has 1 atom stereocenters. The fourth-order valence-electron chi connectivity index (χ4n) is 2.99. The molecule has 7 heteroatoms. The average molecular weight is 412 g/mol. The van der Waals surface area contributed by atoms with Crippen LogP contribution in [0.5, 0.6) is 0 Å². The van der Waals surface area contributed by atoms with Crippen molar-refractivity contribution in [3.05, 3.63) is 72.1 Å². The summed E-state index contributed by atoms with van der Waals surface area (Å²) in [5, 5.41) is 2.44. The minimum Gasteiger partial charge on any atom is -0.324 e. The van der Waals surface area contributed by atoms with Gasteiger partial charge in [0.1, 0.15) is 11.1 Å². The van der Waals surface area contributed by atoms with E-state index in [9.17, 15) is 14.0 Å². The Morgan fingerprint density at radius 1 is 1.31 bits per heavy atom. The van der Waals surface area contributed by atoms with E-state index in [1.54, 1.807) is 18.2 Å². The maximum Gasteiger partial charge on any atom is 0.242 e. The zero-order valence-corrected chi connectivity index (χ0v) is 17.1. The molecule has 2 amide bonds. The van der Waals surface area contributed by atoms with Gasteiger partial charge in [0.2, 0.25) is 11.8 Å². The van der Waals surface area contributed by atoms with Crippen LogP contribution in [0.2, 0.25) is 0 Å². The Balaban J connectivity index is 1.78. The summed E-state index contributed by atoms with van der Waals surface area (Å²) in [6.45, 7) is 7.98. The lowest BCUT2D eigenvalue weighted by atomic mass is 10.1. The van der Waals surface area contributed by atoms with Crippen LogP contribution in [0.25, 0.3) is 0 Å². The summed E-state index contributed by atoms with van der Waals surface area (Å²) in [5.41, 5.74) is 3.01. The normalized spacial score (nSPS) is 17.6. The van der Waals surface area contributed by atoms with Crippen LogP contribution in [0.4, 0.5) is 15.8 Å². The van der Waals surface area contributed by atoms with Crippen molar-refractivity contribution in [3.8, 4) is 0 Å². The molecule has 1 heterocycles. The third-order valence-corrected chi connectivity index (χ3v) is 5.59. The second-order valence-electron chi connectivity index (χ2n) is 6.76. The Morgan fingerprint density at radius 2 is 2.07 bits per heavy atom. The summed E-state index contributed by atoms with van der Waals surface area (Å²) in [6, 6.07) is 11.8. The number of rotatable bonds is 6. The SMILES string of the molecule is C=CCN1C(=O)[C@@H](CC(=O)Nc2ccccc2F)SC1=Nc1ccc(C)cc1C. The van der Waals surface area contributed by atoms with Crippen molar-refractivity contribution in [2.24, 2.45) is 4.99 Å². The fraction of sp³-hybridized carbons (Fsp3) is 0.227. The van der Waals surface area contributed by atoms with Crippen molar-refractivity contribution in [2.75, 3.05) is 11.9 Å². The number of amides is 2. The number of halogens is 1. The molecular weight excluding hydrogens is 389 g/mol. The van der Waals surface area contributed by atoms with Crippen LogP contribution in [-0.2, 0) is 9.59 Å². The van der Waals surface area contributed by atoms with E-state index in [1.165, 1.54) is 28.8 Å². The highest BCUT2D eigenvalue weighted by molar-refractivity contribution is 8.15. The van der Waals surface area contributed by atoms with Gasteiger partial charge in [-0.05, 0) is 37.6 Å². The monoisotopic (exact) mass is 411 g/mol. The topological polar surface area (TPSA) is 61.8 Å². The van der Waals surface area contributed by atoms with Crippen LogP contribution in [0.3, 0.4) is 0 Å². The van der Waals surface area contributed by atoms with Gasteiger partial charge in [0.05, 0.1) is 11.4 Å². The van der Waals surface area contributed by atoms with Crippen LogP contribution in [0.1, 0.15) is 17.5 Å². The van der Waals surface area contributed by atoms with Gasteiger partial charge < -0.3 is 5.32 Å². The number of hydrogen-bond donors (Lipinski definition) is 1. The summed E-state index contributed by atoms with van der Waals surface area (Å²) in [4.78, 5) is 31.4. The molecule has 0 aromatic heterocycles. The van der Waals surface area contributed by atoms with Gasteiger partial charge in [0.15, 0.2) is 5.17 Å². The molecule has 5 nitrogen and oxygen atoms in total. The third-order valence-electron chi connectivity index (χ3n) is 4.42. The number of aliphatic imine (C=N–C) groups is 1. The Kier molecular flexibility index (Phi) is 6.49. The molecule has 0 saturated carbocycles. The van der Waals surface area contributed by atoms with Crippen molar-refractivity contribution in [1.29, 1.82) is 0 Å². The number of nitrogens with one attached hydrogen (secondary N) is 1. The number of thioether (sulfide) groups is 1. The van der Waals surface area contributed by atoms with Gasteiger partial charge in [-0.2, -0.15) is 0 Å². The molecule has 0 radical (unpaired) electrons. The second-order valence-corrected chi connectivity index (χ2v) is 7.93. The highest BCUT2D eigenvalue weighted by Crippen LogP contribution is 2.33. The van der Waals surface area contributed by atoms with Crippen LogP contribution in [0.15, 0.2) is 60.1 Å². The minimum absolute atomic E-state index is 0.0720. The Morgan fingerprint density at radius 3 is 2.76 bits per heavy atom. The highest BCUT2D eigenvalue weighted by atomic mass is 32.2. The van der Waals surface area contributed by atoms with Crippen molar-refractivity contribution in [1.82, 2.24) is 4.90 Å². The molecule has 0 bridgehead atoms. The number of nitrogens with zero attached hydrogens (tertiary/aromatic N) is 2. The van der Waals surface area contributed by atoms with Gasteiger partial charge in [-0.1, -0.05) is 47.7 Å². The molecule has 150 valence electrons. The third kappa shape index (κ3) is 4.92. The second kappa shape index (κ2) is 9.05. The van der Waals surface area contributed by atoms with Crippen LogP contribution in [-0.4, -0.2) is 33.7 Å². The number of para-hydroxylation sites is 1. The van der Waals surface area contributed by atoms with E-state index in [-0.39, 0.29) is 18.0 Å². The van der Waals surface area contributed by atoms with Crippen LogP contribution in [0, 0.1) is 19.7 Å². The first-order valence-corrected chi connectivity index (χ1v) is 10.1. The number of carbonyl (C=O) groups is 2. The Labute approximate surface area is 173 Å². The van der Waals surface area contributed by atoms with Crippen LogP contribution < -0.4 is 5.32 Å². The first kappa shape index (κ1) is 20.8. The van der Waals surface area contributed by atoms with Gasteiger partial charge in [0, 0.05) is 13.0 Å². The number of aryl methyl sites for hydroxylation is 2. The zero-order chi connectivity index (χ0) is 21.0. The molecule has 2 aromatic rings. The van der Waals surface area contributed by atoms with Gasteiger partial charge >= 0.3 is 0 Å². The van der Waals surface area contributed by atoms with E-state index in [0.29, 0.717) is 11.7 Å². The average Bonchev–Trinajstić information content (AvgIpc) is 2.95. The van der Waals surface area contributed by atoms with Gasteiger partial charge in [0.25, 0.3) is 0 Å². The quantitative estimate of drug-likeness (QED) is 0.708. The smallest absolute Gasteiger partial charge is 0.242 e. The zero-order valence-electron chi connectivity index (χ0n) is 16.3. The molecule has 2 aromatic carbocycles. The maximum atomic E-state index is 13.7.